The van der Waals surface area contributed by atoms with E-state index in [4.69, 9.17) is 12.2 Å². The van der Waals surface area contributed by atoms with Crippen molar-refractivity contribution < 1.29 is 19.5 Å². The van der Waals surface area contributed by atoms with Crippen molar-refractivity contribution in [3.05, 3.63) is 88.8 Å². The molecule has 1 fully saturated rings. The Balaban J connectivity index is 1.76. The number of carbonyl (C=O) groups excluding carboxylic acids is 2. The normalized spacial score (nSPS) is 15.2. The lowest BCUT2D eigenvalue weighted by atomic mass is 10.1. The summed E-state index contributed by atoms with van der Waals surface area (Å²) in [6.07, 6.45) is 3.20. The molecule has 1 aliphatic heterocycles. The SMILES string of the molecule is Cc1ccc(N2C(=O)C(=Cc3cccn3-c3cccc(C(=O)O)c3)C(=O)NC2=S)c(C)c1. The Bertz CT molecular complexity index is 1320. The Morgan fingerprint density at radius 2 is 1.84 bits per heavy atom. The molecule has 1 aliphatic rings. The lowest BCUT2D eigenvalue weighted by Gasteiger charge is -2.30. The van der Waals surface area contributed by atoms with Crippen LogP contribution in [0.4, 0.5) is 5.69 Å². The minimum atomic E-state index is -1.04. The summed E-state index contributed by atoms with van der Waals surface area (Å²) in [5.74, 6) is -2.16. The van der Waals surface area contributed by atoms with Gasteiger partial charge in [-0.1, -0.05) is 23.8 Å². The maximum absolute atomic E-state index is 13.3. The smallest absolute Gasteiger partial charge is 0.335 e. The van der Waals surface area contributed by atoms with Gasteiger partial charge in [-0.25, -0.2) is 4.79 Å². The fraction of sp³-hybridized carbons (Fsp3) is 0.0833. The summed E-state index contributed by atoms with van der Waals surface area (Å²) in [6, 6.07) is 15.5. The van der Waals surface area contributed by atoms with Crippen LogP contribution in [0.3, 0.4) is 0 Å². The Morgan fingerprint density at radius 1 is 1.06 bits per heavy atom. The molecule has 8 heteroatoms. The predicted molar refractivity (Wildman–Crippen MR) is 125 cm³/mol. The summed E-state index contributed by atoms with van der Waals surface area (Å²) in [5, 5.41) is 11.9. The largest absolute Gasteiger partial charge is 0.478 e. The Hall–Kier alpha value is -4.04. The maximum atomic E-state index is 13.3. The van der Waals surface area contributed by atoms with Gasteiger partial charge < -0.3 is 9.67 Å². The molecule has 4 rings (SSSR count). The number of thiocarbonyl (C=S) groups is 1. The number of carboxylic acid groups (broad SMARTS) is 1. The molecule has 1 saturated heterocycles. The molecule has 2 heterocycles. The zero-order valence-electron chi connectivity index (χ0n) is 17.3. The summed E-state index contributed by atoms with van der Waals surface area (Å²) >= 11 is 5.28. The van der Waals surface area contributed by atoms with Gasteiger partial charge in [-0.15, -0.1) is 0 Å². The van der Waals surface area contributed by atoms with Crippen LogP contribution in [0.5, 0.6) is 0 Å². The van der Waals surface area contributed by atoms with Crippen LogP contribution in [0.25, 0.3) is 11.8 Å². The van der Waals surface area contributed by atoms with E-state index in [1.165, 1.54) is 23.1 Å². The van der Waals surface area contributed by atoms with Gasteiger partial charge in [-0.05, 0) is 74.1 Å². The van der Waals surface area contributed by atoms with Crippen molar-refractivity contribution in [2.45, 2.75) is 13.8 Å². The summed E-state index contributed by atoms with van der Waals surface area (Å²) in [7, 11) is 0. The Labute approximate surface area is 189 Å². The molecular formula is C24H19N3O4S. The number of hydrogen-bond acceptors (Lipinski definition) is 4. The third kappa shape index (κ3) is 3.83. The van der Waals surface area contributed by atoms with Gasteiger partial charge >= 0.3 is 5.97 Å². The number of nitrogens with one attached hydrogen (secondary N) is 1. The molecule has 2 N–H and O–H groups in total. The number of aromatic carboxylic acids is 1. The lowest BCUT2D eigenvalue weighted by Crippen LogP contribution is -2.54. The number of amides is 2. The van der Waals surface area contributed by atoms with Crippen LogP contribution < -0.4 is 10.2 Å². The fourth-order valence-corrected chi connectivity index (χ4v) is 3.89. The molecule has 0 bridgehead atoms. The van der Waals surface area contributed by atoms with Gasteiger partial charge in [0.2, 0.25) is 0 Å². The van der Waals surface area contributed by atoms with E-state index in [0.29, 0.717) is 17.1 Å². The lowest BCUT2D eigenvalue weighted by molar-refractivity contribution is -0.122. The zero-order chi connectivity index (χ0) is 23.0. The second kappa shape index (κ2) is 8.24. The van der Waals surface area contributed by atoms with Crippen LogP contribution in [0.15, 0.2) is 66.4 Å². The van der Waals surface area contributed by atoms with Gasteiger partial charge in [0.1, 0.15) is 5.57 Å². The highest BCUT2D eigenvalue weighted by Crippen LogP contribution is 2.26. The second-order valence-corrected chi connectivity index (χ2v) is 7.79. The number of hydrogen-bond donors (Lipinski definition) is 2. The molecule has 0 spiro atoms. The van der Waals surface area contributed by atoms with Crippen LogP contribution in [0.2, 0.25) is 0 Å². The second-order valence-electron chi connectivity index (χ2n) is 7.41. The number of aromatic nitrogens is 1. The van der Waals surface area contributed by atoms with Gasteiger partial charge in [0.15, 0.2) is 5.11 Å². The van der Waals surface area contributed by atoms with Crippen molar-refractivity contribution in [1.82, 2.24) is 9.88 Å². The van der Waals surface area contributed by atoms with Crippen molar-refractivity contribution in [1.29, 1.82) is 0 Å². The van der Waals surface area contributed by atoms with Crippen LogP contribution in [-0.2, 0) is 9.59 Å². The van der Waals surface area contributed by atoms with E-state index in [-0.39, 0.29) is 16.2 Å². The summed E-state index contributed by atoms with van der Waals surface area (Å²) in [5.41, 5.74) is 3.68. The highest BCUT2D eigenvalue weighted by Gasteiger charge is 2.35. The molecule has 0 atom stereocenters. The van der Waals surface area contributed by atoms with Crippen LogP contribution >= 0.6 is 12.2 Å². The average molecular weight is 446 g/mol. The highest BCUT2D eigenvalue weighted by molar-refractivity contribution is 7.80. The molecule has 0 saturated carbocycles. The third-order valence-electron chi connectivity index (χ3n) is 5.14. The average Bonchev–Trinajstić information content (AvgIpc) is 3.21. The van der Waals surface area contributed by atoms with E-state index >= 15 is 0 Å². The Kier molecular flexibility index (Phi) is 5.46. The Morgan fingerprint density at radius 3 is 2.56 bits per heavy atom. The number of rotatable bonds is 4. The van der Waals surface area contributed by atoms with Gasteiger partial charge in [-0.2, -0.15) is 0 Å². The molecule has 0 aliphatic carbocycles. The molecule has 1 aromatic heterocycles. The number of benzene rings is 2. The minimum Gasteiger partial charge on any atom is -0.478 e. The van der Waals surface area contributed by atoms with Crippen LogP contribution in [0, 0.1) is 13.8 Å². The molecule has 160 valence electrons. The number of anilines is 1. The van der Waals surface area contributed by atoms with E-state index in [9.17, 15) is 19.5 Å². The van der Waals surface area contributed by atoms with Crippen molar-refractivity contribution in [3.8, 4) is 5.69 Å². The van der Waals surface area contributed by atoms with E-state index in [1.54, 1.807) is 41.1 Å². The fourth-order valence-electron chi connectivity index (χ4n) is 3.62. The van der Waals surface area contributed by atoms with Gasteiger partial charge in [0, 0.05) is 17.6 Å². The molecule has 2 aromatic carbocycles. The predicted octanol–water partition coefficient (Wildman–Crippen LogP) is 3.62. The first-order valence-corrected chi connectivity index (χ1v) is 10.2. The third-order valence-corrected chi connectivity index (χ3v) is 5.42. The molecule has 0 unspecified atom stereocenters. The maximum Gasteiger partial charge on any atom is 0.335 e. The van der Waals surface area contributed by atoms with E-state index < -0.39 is 17.8 Å². The topological polar surface area (TPSA) is 91.6 Å². The zero-order valence-corrected chi connectivity index (χ0v) is 18.1. The number of nitrogens with zero attached hydrogens (tertiary/aromatic N) is 2. The summed E-state index contributed by atoms with van der Waals surface area (Å²) in [4.78, 5) is 38.6. The van der Waals surface area contributed by atoms with Crippen LogP contribution in [0.1, 0.15) is 27.2 Å². The number of carbonyl (C=O) groups is 3. The van der Waals surface area contributed by atoms with Gasteiger partial charge in [-0.3, -0.25) is 19.8 Å². The quantitative estimate of drug-likeness (QED) is 0.364. The van der Waals surface area contributed by atoms with Gasteiger partial charge in [0.25, 0.3) is 11.8 Å². The van der Waals surface area contributed by atoms with Crippen molar-refractivity contribution >= 4 is 46.9 Å². The van der Waals surface area contributed by atoms with E-state index in [1.807, 2.05) is 26.0 Å². The van der Waals surface area contributed by atoms with E-state index in [0.717, 1.165) is 11.1 Å². The summed E-state index contributed by atoms with van der Waals surface area (Å²) < 4.78 is 1.70. The van der Waals surface area contributed by atoms with Crippen LogP contribution in [-0.4, -0.2) is 32.6 Å². The van der Waals surface area contributed by atoms with Crippen molar-refractivity contribution in [2.75, 3.05) is 4.90 Å². The monoisotopic (exact) mass is 445 g/mol. The molecule has 3 aromatic rings. The first-order chi connectivity index (χ1) is 15.3. The summed E-state index contributed by atoms with van der Waals surface area (Å²) in [6.45, 7) is 3.83. The molecular weight excluding hydrogens is 426 g/mol. The molecule has 7 nitrogen and oxygen atoms in total. The minimum absolute atomic E-state index is 0.0219. The number of carboxylic acids is 1. The van der Waals surface area contributed by atoms with Crippen molar-refractivity contribution in [2.24, 2.45) is 0 Å². The number of aryl methyl sites for hydroxylation is 2. The van der Waals surface area contributed by atoms with E-state index in [2.05, 4.69) is 5.32 Å². The van der Waals surface area contributed by atoms with Crippen molar-refractivity contribution in [3.63, 3.8) is 0 Å². The standard InChI is InChI=1S/C24H19N3O4S/c1-14-8-9-20(15(2)11-14)27-22(29)19(21(28)25-24(27)32)13-18-7-4-10-26(18)17-6-3-5-16(12-17)23(30)31/h3-13H,1-2H3,(H,30,31)(H,25,28,32). The first-order valence-electron chi connectivity index (χ1n) is 9.76. The highest BCUT2D eigenvalue weighted by atomic mass is 32.1. The first kappa shape index (κ1) is 21.2. The molecule has 2 amide bonds. The molecule has 0 radical (unpaired) electrons. The van der Waals surface area contributed by atoms with Gasteiger partial charge in [0.05, 0.1) is 11.3 Å². The molecule has 32 heavy (non-hydrogen) atoms.